The smallest absolute Gasteiger partial charge is 0.251 e. The van der Waals surface area contributed by atoms with Gasteiger partial charge in [0.25, 0.3) is 5.69 Å². The molecule has 1 fully saturated rings. The number of rotatable bonds is 4. The van der Waals surface area contributed by atoms with Crippen LogP contribution < -0.4 is 4.90 Å². The van der Waals surface area contributed by atoms with Crippen LogP contribution in [0, 0.1) is 5.21 Å². The van der Waals surface area contributed by atoms with Crippen molar-refractivity contribution in [1.82, 2.24) is 5.16 Å². The minimum absolute atomic E-state index is 0.202. The standard InChI is InChI=1S/C14H16N2O4/c17-16-14(11-6-2-1-3-7-11)12(15-20-16)10-19-13-8-4-5-9-18-13/h1-3,6-7,13H,4-5,8-10H2. The third-order valence-electron chi connectivity index (χ3n) is 3.27. The van der Waals surface area contributed by atoms with Gasteiger partial charge in [0.1, 0.15) is 6.61 Å². The van der Waals surface area contributed by atoms with Gasteiger partial charge in [0, 0.05) is 17.3 Å². The van der Waals surface area contributed by atoms with Crippen molar-refractivity contribution < 1.29 is 19.0 Å². The molecule has 0 N–H and O–H groups in total. The Kier molecular flexibility index (Phi) is 3.94. The number of hydrogen-bond donors (Lipinski definition) is 0. The number of benzene rings is 1. The highest BCUT2D eigenvalue weighted by Crippen LogP contribution is 2.21. The second kappa shape index (κ2) is 6.02. The topological polar surface area (TPSA) is 71.4 Å². The van der Waals surface area contributed by atoms with Crippen LogP contribution in [0.5, 0.6) is 0 Å². The highest BCUT2D eigenvalue weighted by Gasteiger charge is 2.23. The van der Waals surface area contributed by atoms with Gasteiger partial charge in [0.15, 0.2) is 6.29 Å². The summed E-state index contributed by atoms with van der Waals surface area (Å²) in [5.74, 6) is 0. The third-order valence-corrected chi connectivity index (χ3v) is 3.27. The van der Waals surface area contributed by atoms with Crippen LogP contribution in [0.25, 0.3) is 11.3 Å². The van der Waals surface area contributed by atoms with Crippen LogP contribution in [0.2, 0.25) is 0 Å². The van der Waals surface area contributed by atoms with E-state index in [1.165, 1.54) is 0 Å². The summed E-state index contributed by atoms with van der Waals surface area (Å²) in [5, 5.41) is 15.5. The lowest BCUT2D eigenvalue weighted by Crippen LogP contribution is -2.26. The molecule has 1 atom stereocenters. The lowest BCUT2D eigenvalue weighted by molar-refractivity contribution is -0.793. The van der Waals surface area contributed by atoms with Crippen molar-refractivity contribution in [2.45, 2.75) is 32.2 Å². The van der Waals surface area contributed by atoms with Gasteiger partial charge in [-0.05, 0) is 24.2 Å². The summed E-state index contributed by atoms with van der Waals surface area (Å²) in [6.45, 7) is 0.921. The summed E-state index contributed by atoms with van der Waals surface area (Å²) in [4.78, 5) is 0.412. The van der Waals surface area contributed by atoms with E-state index in [1.807, 2.05) is 30.3 Å². The molecule has 0 saturated carbocycles. The molecule has 20 heavy (non-hydrogen) atoms. The quantitative estimate of drug-likeness (QED) is 0.799. The molecule has 0 amide bonds. The second-order valence-corrected chi connectivity index (χ2v) is 4.70. The number of hydrogen-bond acceptors (Lipinski definition) is 5. The van der Waals surface area contributed by atoms with Gasteiger partial charge < -0.3 is 14.7 Å². The normalized spacial score (nSPS) is 19.1. The average Bonchev–Trinajstić information content (AvgIpc) is 2.88. The number of ether oxygens (including phenoxy) is 2. The molecule has 1 unspecified atom stereocenters. The van der Waals surface area contributed by atoms with E-state index in [9.17, 15) is 5.21 Å². The lowest BCUT2D eigenvalue weighted by Gasteiger charge is -2.21. The maximum absolute atomic E-state index is 11.7. The molecule has 0 bridgehead atoms. The molecule has 1 aromatic heterocycles. The van der Waals surface area contributed by atoms with Crippen LogP contribution in [-0.2, 0) is 16.1 Å². The molecule has 6 nitrogen and oxygen atoms in total. The first-order chi connectivity index (χ1) is 9.84. The first-order valence-electron chi connectivity index (χ1n) is 6.72. The van der Waals surface area contributed by atoms with E-state index in [4.69, 9.17) is 9.47 Å². The van der Waals surface area contributed by atoms with E-state index in [0.29, 0.717) is 16.3 Å². The third kappa shape index (κ3) is 2.81. The van der Waals surface area contributed by atoms with Crippen LogP contribution >= 0.6 is 0 Å². The Morgan fingerprint density at radius 2 is 2.15 bits per heavy atom. The first kappa shape index (κ1) is 13.1. The molecule has 1 aliphatic rings. The minimum Gasteiger partial charge on any atom is -0.359 e. The molecule has 6 heteroatoms. The van der Waals surface area contributed by atoms with Crippen LogP contribution in [0.4, 0.5) is 0 Å². The fraction of sp³-hybridized carbons (Fsp3) is 0.429. The zero-order chi connectivity index (χ0) is 13.8. The van der Waals surface area contributed by atoms with Crippen LogP contribution in [0.3, 0.4) is 0 Å². The minimum atomic E-state index is -0.218. The van der Waals surface area contributed by atoms with Gasteiger partial charge in [-0.3, -0.25) is 4.63 Å². The molecule has 3 rings (SSSR count). The summed E-state index contributed by atoms with van der Waals surface area (Å²) >= 11 is 0. The Balaban J connectivity index is 1.74. The fourth-order valence-electron chi connectivity index (χ4n) is 2.25. The molecule has 2 heterocycles. The Morgan fingerprint density at radius 1 is 1.30 bits per heavy atom. The van der Waals surface area contributed by atoms with E-state index in [2.05, 4.69) is 9.79 Å². The maximum Gasteiger partial charge on any atom is 0.251 e. The van der Waals surface area contributed by atoms with Gasteiger partial charge >= 0.3 is 0 Å². The van der Waals surface area contributed by atoms with Crippen LogP contribution in [0.15, 0.2) is 35.0 Å². The summed E-state index contributed by atoms with van der Waals surface area (Å²) in [6, 6.07) is 9.27. The Hall–Kier alpha value is -1.92. The van der Waals surface area contributed by atoms with Crippen molar-refractivity contribution in [3.8, 4) is 11.3 Å². The summed E-state index contributed by atoms with van der Waals surface area (Å²) in [5.41, 5.74) is 1.63. The monoisotopic (exact) mass is 276 g/mol. The van der Waals surface area contributed by atoms with Crippen molar-refractivity contribution in [1.29, 1.82) is 0 Å². The molecule has 0 spiro atoms. The van der Waals surface area contributed by atoms with Crippen LogP contribution in [-0.4, -0.2) is 18.1 Å². The zero-order valence-corrected chi connectivity index (χ0v) is 11.0. The fourth-order valence-corrected chi connectivity index (χ4v) is 2.25. The Labute approximate surface area is 116 Å². The van der Waals surface area contributed by atoms with Gasteiger partial charge in [-0.15, -0.1) is 0 Å². The molecule has 2 aromatic rings. The van der Waals surface area contributed by atoms with Crippen LogP contribution in [0.1, 0.15) is 25.0 Å². The Bertz CT molecular complexity index is 550. The summed E-state index contributed by atoms with van der Waals surface area (Å²) < 4.78 is 15.8. The van der Waals surface area contributed by atoms with Crippen molar-refractivity contribution in [3.63, 3.8) is 0 Å². The molecule has 1 saturated heterocycles. The average molecular weight is 276 g/mol. The van der Waals surface area contributed by atoms with E-state index in [0.717, 1.165) is 31.4 Å². The number of nitrogens with zero attached hydrogens (tertiary/aromatic N) is 2. The zero-order valence-electron chi connectivity index (χ0n) is 11.0. The second-order valence-electron chi connectivity index (χ2n) is 4.70. The van der Waals surface area contributed by atoms with Crippen molar-refractivity contribution in [2.75, 3.05) is 6.61 Å². The summed E-state index contributed by atoms with van der Waals surface area (Å²) in [7, 11) is 0. The molecular weight excluding hydrogens is 260 g/mol. The van der Waals surface area contributed by atoms with Gasteiger partial charge in [-0.2, -0.15) is 0 Å². The molecular formula is C14H16N2O4. The van der Waals surface area contributed by atoms with Gasteiger partial charge in [-0.1, -0.05) is 30.3 Å². The van der Waals surface area contributed by atoms with E-state index in [1.54, 1.807) is 0 Å². The predicted molar refractivity (Wildman–Crippen MR) is 69.3 cm³/mol. The highest BCUT2D eigenvalue weighted by molar-refractivity contribution is 5.57. The van der Waals surface area contributed by atoms with Crippen molar-refractivity contribution in [2.24, 2.45) is 0 Å². The molecule has 1 aliphatic heterocycles. The van der Waals surface area contributed by atoms with Crippen molar-refractivity contribution in [3.05, 3.63) is 41.2 Å². The van der Waals surface area contributed by atoms with Gasteiger partial charge in [0.2, 0.25) is 5.69 Å². The number of aromatic nitrogens is 2. The molecule has 0 radical (unpaired) electrons. The van der Waals surface area contributed by atoms with Gasteiger partial charge in [-0.25, -0.2) is 0 Å². The predicted octanol–water partition coefficient (Wildman–Crippen LogP) is 2.02. The van der Waals surface area contributed by atoms with E-state index < -0.39 is 0 Å². The maximum atomic E-state index is 11.7. The largest absolute Gasteiger partial charge is 0.359 e. The highest BCUT2D eigenvalue weighted by atomic mass is 16.8. The van der Waals surface area contributed by atoms with E-state index >= 15 is 0 Å². The Morgan fingerprint density at radius 3 is 2.90 bits per heavy atom. The van der Waals surface area contributed by atoms with E-state index in [-0.39, 0.29) is 12.9 Å². The molecule has 106 valence electrons. The summed E-state index contributed by atoms with van der Waals surface area (Å²) in [6.07, 6.45) is 2.82. The van der Waals surface area contributed by atoms with Crippen molar-refractivity contribution >= 4 is 0 Å². The molecule has 1 aromatic carbocycles. The first-order valence-corrected chi connectivity index (χ1v) is 6.72. The lowest BCUT2D eigenvalue weighted by atomic mass is 10.1. The molecule has 0 aliphatic carbocycles. The SMILES string of the molecule is [O-][n+]1onc(COC2CCCCO2)c1-c1ccccc1. The van der Waals surface area contributed by atoms with Gasteiger partial charge in [0.05, 0.1) is 0 Å².